The number of nitrogens with zero attached hydrogens (tertiary/aromatic N) is 3. The van der Waals surface area contributed by atoms with E-state index in [1.165, 1.54) is 0 Å². The highest BCUT2D eigenvalue weighted by Crippen LogP contribution is 2.15. The molecule has 0 atom stereocenters. The molecule has 0 aliphatic heterocycles. The van der Waals surface area contributed by atoms with Crippen LogP contribution in [-0.2, 0) is 11.3 Å². The maximum Gasteiger partial charge on any atom is 0.241 e. The van der Waals surface area contributed by atoms with Gasteiger partial charge in [0.15, 0.2) is 0 Å². The normalized spacial score (nSPS) is 11.1. The van der Waals surface area contributed by atoms with E-state index in [0.717, 1.165) is 22.3 Å². The number of hydrogen-bond donors (Lipinski definition) is 1. The van der Waals surface area contributed by atoms with Gasteiger partial charge in [0.25, 0.3) is 0 Å². The molecule has 128 valence electrons. The summed E-state index contributed by atoms with van der Waals surface area (Å²) in [7, 11) is 0. The zero-order valence-corrected chi connectivity index (χ0v) is 14.1. The Morgan fingerprint density at radius 2 is 2.04 bits per heavy atom. The highest BCUT2D eigenvalue weighted by atomic mass is 16.5. The van der Waals surface area contributed by atoms with Crippen LogP contribution in [0, 0.1) is 0 Å². The van der Waals surface area contributed by atoms with Crippen molar-refractivity contribution in [3.63, 3.8) is 0 Å². The zero-order chi connectivity index (χ0) is 17.5. The number of aromatic nitrogens is 2. The fourth-order valence-corrected chi connectivity index (χ4v) is 2.51. The smallest absolute Gasteiger partial charge is 0.241 e. The van der Waals surface area contributed by atoms with Crippen molar-refractivity contribution in [2.24, 2.45) is 5.10 Å². The third-order valence-corrected chi connectivity index (χ3v) is 3.72. The molecule has 0 saturated carbocycles. The van der Waals surface area contributed by atoms with Crippen LogP contribution >= 0.6 is 0 Å². The van der Waals surface area contributed by atoms with Crippen LogP contribution in [0.5, 0.6) is 5.75 Å². The summed E-state index contributed by atoms with van der Waals surface area (Å²) in [5.74, 6) is 0.593. The number of fused-ring (bicyclic) bond motifs is 1. The lowest BCUT2D eigenvalue weighted by Crippen LogP contribution is -2.19. The average molecular weight is 336 g/mol. The van der Waals surface area contributed by atoms with Crippen molar-refractivity contribution in [1.29, 1.82) is 0 Å². The molecule has 0 unspecified atom stereocenters. The molecule has 1 amide bonds. The second kappa shape index (κ2) is 8.10. The number of carbonyl (C=O) groups is 1. The number of hydrogen-bond acceptors (Lipinski definition) is 4. The molecule has 0 fully saturated rings. The number of aryl methyl sites for hydroxylation is 1. The molecule has 0 aliphatic rings. The fraction of sp³-hybridized carbons (Fsp3) is 0.211. The van der Waals surface area contributed by atoms with Crippen molar-refractivity contribution in [2.45, 2.75) is 19.9 Å². The zero-order valence-electron chi connectivity index (χ0n) is 14.1. The summed E-state index contributed by atoms with van der Waals surface area (Å²) < 4.78 is 7.48. The van der Waals surface area contributed by atoms with Crippen molar-refractivity contribution in [3.8, 4) is 5.75 Å². The Kier molecular flexibility index (Phi) is 5.41. The number of carbonyl (C=O) groups excluding carboxylic acids is 1. The number of hydrazone groups is 1. The summed E-state index contributed by atoms with van der Waals surface area (Å²) in [5.41, 5.74) is 5.32. The molecule has 0 spiro atoms. The van der Waals surface area contributed by atoms with Crippen LogP contribution in [0.25, 0.3) is 11.0 Å². The number of nitrogens with one attached hydrogen (secondary N) is 1. The SMILES string of the molecule is CCOc1ccccc1/C=N\NC(=O)CCn1cnc2ccccc21. The summed E-state index contributed by atoms with van der Waals surface area (Å²) in [6.45, 7) is 3.06. The van der Waals surface area contributed by atoms with E-state index >= 15 is 0 Å². The molecule has 25 heavy (non-hydrogen) atoms. The Hall–Kier alpha value is -3.15. The highest BCUT2D eigenvalue weighted by molar-refractivity contribution is 5.85. The predicted octanol–water partition coefficient (Wildman–Crippen LogP) is 2.98. The first-order chi connectivity index (χ1) is 12.3. The van der Waals surface area contributed by atoms with Crippen LogP contribution in [0.3, 0.4) is 0 Å². The number of rotatable bonds is 7. The number of benzene rings is 2. The van der Waals surface area contributed by atoms with Gasteiger partial charge >= 0.3 is 0 Å². The summed E-state index contributed by atoms with van der Waals surface area (Å²) in [4.78, 5) is 16.3. The van der Waals surface area contributed by atoms with Gasteiger partial charge in [-0.2, -0.15) is 5.10 Å². The Morgan fingerprint density at radius 3 is 2.92 bits per heavy atom. The highest BCUT2D eigenvalue weighted by Gasteiger charge is 2.05. The number of amides is 1. The quantitative estimate of drug-likeness (QED) is 0.533. The minimum absolute atomic E-state index is 0.150. The molecule has 3 aromatic rings. The standard InChI is InChI=1S/C19H20N4O2/c1-2-25-18-10-6-3-7-15(18)13-21-22-19(24)11-12-23-14-20-16-8-4-5-9-17(16)23/h3-10,13-14H,2,11-12H2,1H3,(H,22,24)/b21-13-. The van der Waals surface area contributed by atoms with E-state index in [0.29, 0.717) is 19.6 Å². The van der Waals surface area contributed by atoms with E-state index < -0.39 is 0 Å². The molecule has 0 aliphatic carbocycles. The third kappa shape index (κ3) is 4.23. The molecule has 6 nitrogen and oxygen atoms in total. The van der Waals surface area contributed by atoms with Gasteiger partial charge in [0.2, 0.25) is 5.91 Å². The molecule has 0 radical (unpaired) electrons. The van der Waals surface area contributed by atoms with Gasteiger partial charge in [-0.05, 0) is 31.2 Å². The Balaban J connectivity index is 1.55. The van der Waals surface area contributed by atoms with Gasteiger partial charge in [-0.3, -0.25) is 4.79 Å². The van der Waals surface area contributed by atoms with Crippen molar-refractivity contribution in [3.05, 3.63) is 60.4 Å². The maximum absolute atomic E-state index is 12.0. The number of para-hydroxylation sites is 3. The third-order valence-electron chi connectivity index (χ3n) is 3.72. The first kappa shape index (κ1) is 16.7. The first-order valence-electron chi connectivity index (χ1n) is 8.21. The van der Waals surface area contributed by atoms with Crippen LogP contribution in [0.4, 0.5) is 0 Å². The fourth-order valence-electron chi connectivity index (χ4n) is 2.51. The lowest BCUT2D eigenvalue weighted by molar-refractivity contribution is -0.121. The monoisotopic (exact) mass is 336 g/mol. The molecule has 0 saturated heterocycles. The van der Waals surface area contributed by atoms with Gasteiger partial charge in [-0.15, -0.1) is 0 Å². The largest absolute Gasteiger partial charge is 0.493 e. The molecule has 0 bridgehead atoms. The topological polar surface area (TPSA) is 68.5 Å². The van der Waals surface area contributed by atoms with E-state index in [1.54, 1.807) is 12.5 Å². The number of ether oxygens (including phenoxy) is 1. The van der Waals surface area contributed by atoms with Gasteiger partial charge in [0.1, 0.15) is 5.75 Å². The van der Waals surface area contributed by atoms with Gasteiger partial charge in [0.05, 0.1) is 30.2 Å². The minimum Gasteiger partial charge on any atom is -0.493 e. The summed E-state index contributed by atoms with van der Waals surface area (Å²) >= 11 is 0. The van der Waals surface area contributed by atoms with E-state index in [2.05, 4.69) is 15.5 Å². The summed E-state index contributed by atoms with van der Waals surface area (Å²) in [5, 5.41) is 4.02. The first-order valence-corrected chi connectivity index (χ1v) is 8.21. The van der Waals surface area contributed by atoms with Crippen molar-refractivity contribution < 1.29 is 9.53 Å². The minimum atomic E-state index is -0.150. The summed E-state index contributed by atoms with van der Waals surface area (Å²) in [6, 6.07) is 15.4. The molecule has 1 N–H and O–H groups in total. The van der Waals surface area contributed by atoms with Gasteiger partial charge in [-0.25, -0.2) is 10.4 Å². The Labute approximate surface area is 146 Å². The second-order valence-electron chi connectivity index (χ2n) is 5.44. The Bertz CT molecular complexity index is 886. The maximum atomic E-state index is 12.0. The molecule has 1 heterocycles. The molecule has 1 aromatic heterocycles. The van der Waals surface area contributed by atoms with Gasteiger partial charge < -0.3 is 9.30 Å². The number of imidazole rings is 1. The molecular formula is C19H20N4O2. The molecule has 2 aromatic carbocycles. The van der Waals surface area contributed by atoms with Crippen molar-refractivity contribution in [1.82, 2.24) is 15.0 Å². The predicted molar refractivity (Wildman–Crippen MR) is 97.7 cm³/mol. The lowest BCUT2D eigenvalue weighted by Gasteiger charge is -2.06. The van der Waals surface area contributed by atoms with Gasteiger partial charge in [-0.1, -0.05) is 24.3 Å². The molecule has 3 rings (SSSR count). The van der Waals surface area contributed by atoms with Crippen molar-refractivity contribution >= 4 is 23.2 Å². The van der Waals surface area contributed by atoms with Crippen LogP contribution in [0.1, 0.15) is 18.9 Å². The Morgan fingerprint density at radius 1 is 1.24 bits per heavy atom. The molecule has 6 heteroatoms. The van der Waals surface area contributed by atoms with Crippen LogP contribution in [-0.4, -0.2) is 28.3 Å². The van der Waals surface area contributed by atoms with E-state index in [4.69, 9.17) is 4.74 Å². The summed E-state index contributed by atoms with van der Waals surface area (Å²) in [6.07, 6.45) is 3.67. The van der Waals surface area contributed by atoms with E-state index in [-0.39, 0.29) is 5.91 Å². The van der Waals surface area contributed by atoms with Crippen LogP contribution < -0.4 is 10.2 Å². The second-order valence-corrected chi connectivity index (χ2v) is 5.44. The van der Waals surface area contributed by atoms with Gasteiger partial charge in [0, 0.05) is 18.5 Å². The van der Waals surface area contributed by atoms with Crippen molar-refractivity contribution in [2.75, 3.05) is 6.61 Å². The van der Waals surface area contributed by atoms with Crippen LogP contribution in [0.15, 0.2) is 60.0 Å². The average Bonchev–Trinajstić information content (AvgIpc) is 3.05. The van der Waals surface area contributed by atoms with Crippen LogP contribution in [0.2, 0.25) is 0 Å². The van der Waals surface area contributed by atoms with E-state index in [1.807, 2.05) is 60.0 Å². The van der Waals surface area contributed by atoms with E-state index in [9.17, 15) is 4.79 Å². The lowest BCUT2D eigenvalue weighted by atomic mass is 10.2. The molecular weight excluding hydrogens is 316 g/mol.